The molecule has 4 nitrogen and oxygen atoms in total. The summed E-state index contributed by atoms with van der Waals surface area (Å²) in [5.41, 5.74) is 1.77. The van der Waals surface area contributed by atoms with Gasteiger partial charge in [-0.15, -0.1) is 0 Å². The number of nitro benzene ring substituents is 1. The Bertz CT molecular complexity index is 323. The van der Waals surface area contributed by atoms with E-state index in [9.17, 15) is 10.1 Å². The zero-order chi connectivity index (χ0) is 9.84. The van der Waals surface area contributed by atoms with Gasteiger partial charge in [0.1, 0.15) is 0 Å². The molecule has 0 fully saturated rings. The summed E-state index contributed by atoms with van der Waals surface area (Å²) in [6.07, 6.45) is 0. The highest BCUT2D eigenvalue weighted by molar-refractivity contribution is 5.53. The van der Waals surface area contributed by atoms with E-state index in [1.165, 1.54) is 6.07 Å². The molecule has 0 heterocycles. The first-order valence-corrected chi connectivity index (χ1v) is 4.14. The minimum atomic E-state index is -0.370. The van der Waals surface area contributed by atoms with Crippen LogP contribution in [0.15, 0.2) is 18.2 Å². The van der Waals surface area contributed by atoms with Crippen LogP contribution in [0.25, 0.3) is 0 Å². The van der Waals surface area contributed by atoms with Gasteiger partial charge in [0.05, 0.1) is 4.92 Å². The summed E-state index contributed by atoms with van der Waals surface area (Å²) in [7, 11) is 0. The van der Waals surface area contributed by atoms with Crippen LogP contribution in [0.5, 0.6) is 0 Å². The van der Waals surface area contributed by atoms with Gasteiger partial charge in [-0.3, -0.25) is 10.1 Å². The average molecular weight is 180 g/mol. The quantitative estimate of drug-likeness (QED) is 0.573. The molecule has 70 valence electrons. The van der Waals surface area contributed by atoms with Crippen molar-refractivity contribution < 1.29 is 4.92 Å². The molecule has 0 aromatic heterocycles. The Labute approximate surface area is 76.7 Å². The fourth-order valence-corrected chi connectivity index (χ4v) is 1.17. The van der Waals surface area contributed by atoms with Crippen molar-refractivity contribution in [3.05, 3.63) is 33.9 Å². The van der Waals surface area contributed by atoms with Gasteiger partial charge in [0, 0.05) is 23.9 Å². The summed E-state index contributed by atoms with van der Waals surface area (Å²) in [5, 5.41) is 13.6. The third kappa shape index (κ3) is 2.18. The van der Waals surface area contributed by atoms with Gasteiger partial charge in [-0.1, -0.05) is 0 Å². The number of rotatable bonds is 3. The maximum absolute atomic E-state index is 10.5. The van der Waals surface area contributed by atoms with Crippen molar-refractivity contribution in [3.63, 3.8) is 0 Å². The Kier molecular flexibility index (Phi) is 2.84. The van der Waals surface area contributed by atoms with Gasteiger partial charge >= 0.3 is 0 Å². The number of anilines is 1. The molecule has 1 aromatic rings. The highest BCUT2D eigenvalue weighted by Gasteiger charge is 2.09. The standard InChI is InChI=1S/C9H12N2O2/c1-3-10-8-4-5-9(11(12)13)7(2)6-8/h4-6,10H,3H2,1-2H3. The van der Waals surface area contributed by atoms with Crippen LogP contribution >= 0.6 is 0 Å². The lowest BCUT2D eigenvalue weighted by molar-refractivity contribution is -0.385. The van der Waals surface area contributed by atoms with Crippen molar-refractivity contribution in [1.82, 2.24) is 0 Å². The second-order valence-electron chi connectivity index (χ2n) is 2.79. The molecule has 0 radical (unpaired) electrons. The summed E-state index contributed by atoms with van der Waals surface area (Å²) in [6, 6.07) is 5.02. The molecular weight excluding hydrogens is 168 g/mol. The number of hydrogen-bond acceptors (Lipinski definition) is 3. The van der Waals surface area contributed by atoms with E-state index in [-0.39, 0.29) is 10.6 Å². The minimum Gasteiger partial charge on any atom is -0.385 e. The second kappa shape index (κ2) is 3.89. The highest BCUT2D eigenvalue weighted by atomic mass is 16.6. The molecule has 1 N–H and O–H groups in total. The van der Waals surface area contributed by atoms with Gasteiger partial charge in [-0.25, -0.2) is 0 Å². The van der Waals surface area contributed by atoms with Gasteiger partial charge in [0.15, 0.2) is 0 Å². The fraction of sp³-hybridized carbons (Fsp3) is 0.333. The van der Waals surface area contributed by atoms with Gasteiger partial charge in [-0.2, -0.15) is 0 Å². The van der Waals surface area contributed by atoms with E-state index in [2.05, 4.69) is 5.32 Å². The predicted octanol–water partition coefficient (Wildman–Crippen LogP) is 2.34. The van der Waals surface area contributed by atoms with E-state index in [0.29, 0.717) is 5.56 Å². The molecule has 0 spiro atoms. The lowest BCUT2D eigenvalue weighted by atomic mass is 10.2. The largest absolute Gasteiger partial charge is 0.385 e. The maximum Gasteiger partial charge on any atom is 0.272 e. The molecular formula is C9H12N2O2. The van der Waals surface area contributed by atoms with Crippen LogP contribution < -0.4 is 5.32 Å². The number of nitrogens with zero attached hydrogens (tertiary/aromatic N) is 1. The van der Waals surface area contributed by atoms with E-state index in [1.54, 1.807) is 19.1 Å². The number of nitro groups is 1. The topological polar surface area (TPSA) is 55.2 Å². The molecule has 4 heteroatoms. The van der Waals surface area contributed by atoms with Gasteiger partial charge in [0.25, 0.3) is 5.69 Å². The van der Waals surface area contributed by atoms with Crippen LogP contribution in [0, 0.1) is 17.0 Å². The molecule has 0 aliphatic carbocycles. The summed E-state index contributed by atoms with van der Waals surface area (Å²) in [4.78, 5) is 10.1. The fourth-order valence-electron chi connectivity index (χ4n) is 1.17. The van der Waals surface area contributed by atoms with Crippen molar-refractivity contribution in [2.45, 2.75) is 13.8 Å². The molecule has 0 saturated carbocycles. The van der Waals surface area contributed by atoms with Crippen molar-refractivity contribution in [1.29, 1.82) is 0 Å². The van der Waals surface area contributed by atoms with Crippen molar-refractivity contribution >= 4 is 11.4 Å². The molecule has 0 unspecified atom stereocenters. The molecule has 1 rings (SSSR count). The Balaban J connectivity index is 2.98. The first-order chi connectivity index (χ1) is 6.15. The molecule has 0 saturated heterocycles. The number of benzene rings is 1. The molecule has 0 amide bonds. The molecule has 0 bridgehead atoms. The van der Waals surface area contributed by atoms with Crippen LogP contribution in [-0.4, -0.2) is 11.5 Å². The minimum absolute atomic E-state index is 0.168. The third-order valence-corrected chi connectivity index (χ3v) is 1.77. The third-order valence-electron chi connectivity index (χ3n) is 1.77. The van der Waals surface area contributed by atoms with Crippen molar-refractivity contribution in [2.24, 2.45) is 0 Å². The van der Waals surface area contributed by atoms with Crippen LogP contribution in [0.4, 0.5) is 11.4 Å². The maximum atomic E-state index is 10.5. The van der Waals surface area contributed by atoms with E-state index < -0.39 is 0 Å². The zero-order valence-electron chi connectivity index (χ0n) is 7.70. The second-order valence-corrected chi connectivity index (χ2v) is 2.79. The summed E-state index contributed by atoms with van der Waals surface area (Å²) in [6.45, 7) is 4.53. The lowest BCUT2D eigenvalue weighted by Gasteiger charge is -2.03. The first kappa shape index (κ1) is 9.51. The van der Waals surface area contributed by atoms with E-state index in [0.717, 1.165) is 12.2 Å². The zero-order valence-corrected chi connectivity index (χ0v) is 7.70. The van der Waals surface area contributed by atoms with E-state index in [1.807, 2.05) is 6.92 Å². The number of aryl methyl sites for hydroxylation is 1. The number of hydrogen-bond donors (Lipinski definition) is 1. The molecule has 13 heavy (non-hydrogen) atoms. The van der Waals surface area contributed by atoms with Crippen molar-refractivity contribution in [3.8, 4) is 0 Å². The molecule has 0 atom stereocenters. The van der Waals surface area contributed by atoms with Crippen LogP contribution in [0.3, 0.4) is 0 Å². The predicted molar refractivity (Wildman–Crippen MR) is 52.0 cm³/mol. The van der Waals surface area contributed by atoms with Crippen molar-refractivity contribution in [2.75, 3.05) is 11.9 Å². The Morgan fingerprint density at radius 3 is 2.69 bits per heavy atom. The van der Waals surface area contributed by atoms with Crippen LogP contribution in [0.1, 0.15) is 12.5 Å². The number of nitrogens with one attached hydrogen (secondary N) is 1. The van der Waals surface area contributed by atoms with Gasteiger partial charge in [-0.05, 0) is 26.0 Å². The smallest absolute Gasteiger partial charge is 0.272 e. The van der Waals surface area contributed by atoms with Gasteiger partial charge < -0.3 is 5.32 Å². The SMILES string of the molecule is CCNc1ccc([N+](=O)[O-])c(C)c1. The van der Waals surface area contributed by atoms with Gasteiger partial charge in [0.2, 0.25) is 0 Å². The highest BCUT2D eigenvalue weighted by Crippen LogP contribution is 2.21. The lowest BCUT2D eigenvalue weighted by Crippen LogP contribution is -1.98. The Hall–Kier alpha value is -1.58. The monoisotopic (exact) mass is 180 g/mol. The van der Waals surface area contributed by atoms with E-state index >= 15 is 0 Å². The van der Waals surface area contributed by atoms with E-state index in [4.69, 9.17) is 0 Å². The Morgan fingerprint density at radius 1 is 1.54 bits per heavy atom. The normalized spacial score (nSPS) is 9.69. The molecule has 0 aliphatic rings. The molecule has 1 aromatic carbocycles. The molecule has 0 aliphatic heterocycles. The summed E-state index contributed by atoms with van der Waals surface area (Å²) >= 11 is 0. The first-order valence-electron chi connectivity index (χ1n) is 4.14. The van der Waals surface area contributed by atoms with Crippen LogP contribution in [-0.2, 0) is 0 Å². The summed E-state index contributed by atoms with van der Waals surface area (Å²) < 4.78 is 0. The average Bonchev–Trinajstić information content (AvgIpc) is 2.04. The Morgan fingerprint density at radius 2 is 2.23 bits per heavy atom. The summed E-state index contributed by atoms with van der Waals surface area (Å²) in [5.74, 6) is 0. The van der Waals surface area contributed by atoms with Crippen LogP contribution in [0.2, 0.25) is 0 Å².